The molecule has 0 saturated heterocycles. The molecule has 6 heteroatoms. The zero-order chi connectivity index (χ0) is 18.1. The molecule has 2 N–H and O–H groups in total. The average molecular weight is 345 g/mol. The molecule has 0 atom stereocenters. The van der Waals surface area contributed by atoms with Crippen LogP contribution in [0.4, 0.5) is 5.82 Å². The predicted octanol–water partition coefficient (Wildman–Crippen LogP) is 4.01. The smallest absolute Gasteiger partial charge is 0.256 e. The Morgan fingerprint density at radius 3 is 2.73 bits per heavy atom. The van der Waals surface area contributed by atoms with E-state index in [2.05, 4.69) is 51.0 Å². The van der Waals surface area contributed by atoms with Crippen LogP contribution in [-0.4, -0.2) is 25.7 Å². The SMILES string of the molecule is CCn1c(-c2cc(NC(=O)c3ccncc3)n[nH]2)c(C)c2ccccc21. The number of para-hydroxylation sites is 1. The Kier molecular flexibility index (Phi) is 4.01. The Morgan fingerprint density at radius 1 is 1.19 bits per heavy atom. The van der Waals surface area contributed by atoms with Crippen molar-refractivity contribution in [1.82, 2.24) is 19.7 Å². The fraction of sp³-hybridized carbons (Fsp3) is 0.150. The Balaban J connectivity index is 1.70. The number of rotatable bonds is 4. The van der Waals surface area contributed by atoms with Crippen molar-refractivity contribution in [3.8, 4) is 11.4 Å². The number of fused-ring (bicyclic) bond motifs is 1. The van der Waals surface area contributed by atoms with Crippen LogP contribution in [0.5, 0.6) is 0 Å². The number of amides is 1. The van der Waals surface area contributed by atoms with Gasteiger partial charge in [0.2, 0.25) is 0 Å². The van der Waals surface area contributed by atoms with Gasteiger partial charge in [-0.25, -0.2) is 0 Å². The molecule has 0 radical (unpaired) electrons. The summed E-state index contributed by atoms with van der Waals surface area (Å²) in [5, 5.41) is 11.4. The number of nitrogens with one attached hydrogen (secondary N) is 2. The van der Waals surface area contributed by atoms with E-state index in [1.54, 1.807) is 24.5 Å². The molecule has 3 heterocycles. The van der Waals surface area contributed by atoms with Gasteiger partial charge in [-0.1, -0.05) is 18.2 Å². The number of pyridine rings is 1. The molecular weight excluding hydrogens is 326 g/mol. The van der Waals surface area contributed by atoms with E-state index < -0.39 is 0 Å². The zero-order valence-corrected chi connectivity index (χ0v) is 14.7. The van der Waals surface area contributed by atoms with Crippen LogP contribution in [0, 0.1) is 6.92 Å². The number of hydrogen-bond donors (Lipinski definition) is 2. The molecule has 26 heavy (non-hydrogen) atoms. The van der Waals surface area contributed by atoms with Crippen LogP contribution < -0.4 is 5.32 Å². The Morgan fingerprint density at radius 2 is 1.96 bits per heavy atom. The maximum atomic E-state index is 12.3. The van der Waals surface area contributed by atoms with Gasteiger partial charge in [-0.05, 0) is 37.6 Å². The van der Waals surface area contributed by atoms with Gasteiger partial charge in [0, 0.05) is 41.5 Å². The second-order valence-corrected chi connectivity index (χ2v) is 6.09. The van der Waals surface area contributed by atoms with Gasteiger partial charge in [0.25, 0.3) is 5.91 Å². The van der Waals surface area contributed by atoms with Gasteiger partial charge >= 0.3 is 0 Å². The van der Waals surface area contributed by atoms with E-state index in [1.165, 1.54) is 16.5 Å². The van der Waals surface area contributed by atoms with Gasteiger partial charge in [-0.15, -0.1) is 0 Å². The fourth-order valence-electron chi connectivity index (χ4n) is 3.35. The summed E-state index contributed by atoms with van der Waals surface area (Å²) in [7, 11) is 0. The Labute approximate surface area is 150 Å². The van der Waals surface area contributed by atoms with E-state index in [0.29, 0.717) is 11.4 Å². The summed E-state index contributed by atoms with van der Waals surface area (Å²) >= 11 is 0. The van der Waals surface area contributed by atoms with Crippen molar-refractivity contribution in [3.63, 3.8) is 0 Å². The van der Waals surface area contributed by atoms with Crippen LogP contribution in [-0.2, 0) is 6.54 Å². The summed E-state index contributed by atoms with van der Waals surface area (Å²) in [5.41, 5.74) is 4.90. The van der Waals surface area contributed by atoms with E-state index in [1.807, 2.05) is 18.2 Å². The van der Waals surface area contributed by atoms with Crippen molar-refractivity contribution in [2.24, 2.45) is 0 Å². The molecule has 0 unspecified atom stereocenters. The highest BCUT2D eigenvalue weighted by Gasteiger charge is 2.17. The monoisotopic (exact) mass is 345 g/mol. The number of carbonyl (C=O) groups is 1. The first kappa shape index (κ1) is 16.1. The Bertz CT molecular complexity index is 1080. The molecule has 0 aliphatic heterocycles. The molecule has 3 aromatic heterocycles. The molecule has 0 aliphatic carbocycles. The van der Waals surface area contributed by atoms with Crippen LogP contribution in [0.25, 0.3) is 22.3 Å². The van der Waals surface area contributed by atoms with Crippen molar-refractivity contribution in [2.45, 2.75) is 20.4 Å². The molecule has 6 nitrogen and oxygen atoms in total. The third-order valence-corrected chi connectivity index (χ3v) is 4.56. The van der Waals surface area contributed by atoms with Crippen LogP contribution in [0.3, 0.4) is 0 Å². The molecule has 0 bridgehead atoms. The molecule has 130 valence electrons. The number of H-pyrrole nitrogens is 1. The molecule has 1 aromatic carbocycles. The number of carbonyl (C=O) groups excluding carboxylic acids is 1. The quantitative estimate of drug-likeness (QED) is 0.587. The lowest BCUT2D eigenvalue weighted by molar-refractivity contribution is 0.102. The summed E-state index contributed by atoms with van der Waals surface area (Å²) in [4.78, 5) is 16.2. The summed E-state index contributed by atoms with van der Waals surface area (Å²) < 4.78 is 2.26. The van der Waals surface area contributed by atoms with E-state index in [0.717, 1.165) is 17.9 Å². The Hall–Kier alpha value is -3.41. The summed E-state index contributed by atoms with van der Waals surface area (Å²) in [6, 6.07) is 13.6. The minimum Gasteiger partial charge on any atom is -0.339 e. The topological polar surface area (TPSA) is 75.6 Å². The fourth-order valence-corrected chi connectivity index (χ4v) is 3.35. The number of benzene rings is 1. The van der Waals surface area contributed by atoms with Gasteiger partial charge < -0.3 is 9.88 Å². The van der Waals surface area contributed by atoms with Crippen molar-refractivity contribution >= 4 is 22.6 Å². The third kappa shape index (κ3) is 2.65. The molecule has 0 saturated carbocycles. The molecular formula is C20H19N5O. The van der Waals surface area contributed by atoms with Crippen molar-refractivity contribution in [2.75, 3.05) is 5.32 Å². The molecule has 1 amide bonds. The largest absolute Gasteiger partial charge is 0.339 e. The van der Waals surface area contributed by atoms with Gasteiger partial charge in [0.05, 0.1) is 11.4 Å². The zero-order valence-electron chi connectivity index (χ0n) is 14.7. The molecule has 4 aromatic rings. The maximum Gasteiger partial charge on any atom is 0.256 e. The van der Waals surface area contributed by atoms with Crippen LogP contribution in [0.15, 0.2) is 54.9 Å². The summed E-state index contributed by atoms with van der Waals surface area (Å²) in [5.74, 6) is 0.285. The van der Waals surface area contributed by atoms with Crippen molar-refractivity contribution in [1.29, 1.82) is 0 Å². The predicted molar refractivity (Wildman–Crippen MR) is 102 cm³/mol. The number of anilines is 1. The second-order valence-electron chi connectivity index (χ2n) is 6.09. The van der Waals surface area contributed by atoms with Crippen LogP contribution >= 0.6 is 0 Å². The lowest BCUT2D eigenvalue weighted by atomic mass is 10.1. The number of aryl methyl sites for hydroxylation is 2. The number of hydrogen-bond acceptors (Lipinski definition) is 3. The molecule has 0 aliphatic rings. The number of aromatic nitrogens is 4. The molecule has 4 rings (SSSR count). The minimum atomic E-state index is -0.210. The lowest BCUT2D eigenvalue weighted by Gasteiger charge is -2.06. The average Bonchev–Trinajstić information content (AvgIpc) is 3.24. The van der Waals surface area contributed by atoms with Gasteiger partial charge in [0.15, 0.2) is 5.82 Å². The first-order valence-electron chi connectivity index (χ1n) is 8.54. The highest BCUT2D eigenvalue weighted by Crippen LogP contribution is 2.33. The van der Waals surface area contributed by atoms with Crippen LogP contribution in [0.2, 0.25) is 0 Å². The standard InChI is InChI=1S/C20H19N5O/c1-3-25-17-7-5-4-6-15(17)13(2)19(25)16-12-18(24-23-16)22-20(26)14-8-10-21-11-9-14/h4-12H,3H2,1-2H3,(H2,22,23,24,26). The van der Waals surface area contributed by atoms with Crippen LogP contribution in [0.1, 0.15) is 22.8 Å². The second kappa shape index (κ2) is 6.48. The normalized spacial score (nSPS) is 11.0. The van der Waals surface area contributed by atoms with Gasteiger partial charge in [0.1, 0.15) is 0 Å². The molecule has 0 fully saturated rings. The minimum absolute atomic E-state index is 0.210. The summed E-state index contributed by atoms with van der Waals surface area (Å²) in [6.07, 6.45) is 3.18. The molecule has 0 spiro atoms. The van der Waals surface area contributed by atoms with Crippen molar-refractivity contribution < 1.29 is 4.79 Å². The maximum absolute atomic E-state index is 12.3. The van der Waals surface area contributed by atoms with E-state index in [4.69, 9.17) is 0 Å². The number of aromatic amines is 1. The van der Waals surface area contributed by atoms with E-state index in [-0.39, 0.29) is 5.91 Å². The third-order valence-electron chi connectivity index (χ3n) is 4.56. The van der Waals surface area contributed by atoms with E-state index >= 15 is 0 Å². The number of nitrogens with zero attached hydrogens (tertiary/aromatic N) is 3. The first-order chi connectivity index (χ1) is 12.7. The van der Waals surface area contributed by atoms with Crippen molar-refractivity contribution in [3.05, 3.63) is 66.0 Å². The van der Waals surface area contributed by atoms with E-state index in [9.17, 15) is 4.79 Å². The highest BCUT2D eigenvalue weighted by atomic mass is 16.1. The highest BCUT2D eigenvalue weighted by molar-refractivity contribution is 6.04. The first-order valence-corrected chi connectivity index (χ1v) is 8.54. The summed E-state index contributed by atoms with van der Waals surface area (Å²) in [6.45, 7) is 5.08. The lowest BCUT2D eigenvalue weighted by Crippen LogP contribution is -2.11. The van der Waals surface area contributed by atoms with Gasteiger partial charge in [-0.2, -0.15) is 5.10 Å². The van der Waals surface area contributed by atoms with Gasteiger partial charge in [-0.3, -0.25) is 14.9 Å².